The van der Waals surface area contributed by atoms with Gasteiger partial charge in [0.2, 0.25) is 0 Å². The summed E-state index contributed by atoms with van der Waals surface area (Å²) in [5, 5.41) is 23.0. The van der Waals surface area contributed by atoms with Crippen molar-refractivity contribution >= 4 is 11.5 Å². The van der Waals surface area contributed by atoms with Gasteiger partial charge in [0, 0.05) is 24.7 Å². The lowest BCUT2D eigenvalue weighted by Crippen LogP contribution is -2.43. The number of aliphatic hydroxyl groups is 1. The Morgan fingerprint density at radius 2 is 2.45 bits per heavy atom. The topological polar surface area (TPSA) is 91.5 Å². The highest BCUT2D eigenvalue weighted by Crippen LogP contribution is 2.21. The number of aromatic nitrogens is 1. The Labute approximate surface area is 117 Å². The average Bonchev–Trinajstić information content (AvgIpc) is 2.39. The van der Waals surface area contributed by atoms with Crippen molar-refractivity contribution < 1.29 is 10.0 Å². The molecule has 7 nitrogen and oxygen atoms in total. The summed E-state index contributed by atoms with van der Waals surface area (Å²) in [6, 6.07) is 1.98. The molecular formula is C13H20N4O3. The van der Waals surface area contributed by atoms with Gasteiger partial charge in [0.25, 0.3) is 5.69 Å². The average molecular weight is 280 g/mol. The normalized spacial score (nSPS) is 19.8. The minimum absolute atomic E-state index is 0.0427. The first-order valence-electron chi connectivity index (χ1n) is 6.81. The van der Waals surface area contributed by atoms with Crippen LogP contribution < -0.4 is 5.32 Å². The van der Waals surface area contributed by atoms with Gasteiger partial charge < -0.3 is 10.4 Å². The molecule has 1 aliphatic heterocycles. The lowest BCUT2D eigenvalue weighted by atomic mass is 10.1. The van der Waals surface area contributed by atoms with E-state index < -0.39 is 4.92 Å². The molecule has 1 saturated heterocycles. The number of nitrogens with zero attached hydrogens (tertiary/aromatic N) is 3. The van der Waals surface area contributed by atoms with Crippen molar-refractivity contribution in [3.8, 4) is 0 Å². The van der Waals surface area contributed by atoms with Crippen LogP contribution in [-0.4, -0.2) is 52.2 Å². The number of β-amino-alcohol motifs (C(OH)–C–C–N with tert-alkyl or cyclic N) is 1. The van der Waals surface area contributed by atoms with Gasteiger partial charge in [-0.25, -0.2) is 4.98 Å². The van der Waals surface area contributed by atoms with E-state index in [4.69, 9.17) is 5.11 Å². The molecule has 110 valence electrons. The number of anilines is 1. The second-order valence-electron chi connectivity index (χ2n) is 5.12. The second-order valence-corrected chi connectivity index (χ2v) is 5.12. The van der Waals surface area contributed by atoms with Crippen molar-refractivity contribution in [2.24, 2.45) is 0 Å². The molecule has 7 heteroatoms. The van der Waals surface area contributed by atoms with Crippen molar-refractivity contribution in [3.63, 3.8) is 0 Å². The number of piperidine rings is 1. The first-order chi connectivity index (χ1) is 9.60. The van der Waals surface area contributed by atoms with E-state index in [0.717, 1.165) is 25.9 Å². The predicted molar refractivity (Wildman–Crippen MR) is 75.8 cm³/mol. The molecule has 2 rings (SSSR count). The van der Waals surface area contributed by atoms with Gasteiger partial charge in [-0.2, -0.15) is 0 Å². The van der Waals surface area contributed by atoms with Crippen molar-refractivity contribution in [1.82, 2.24) is 9.88 Å². The maximum absolute atomic E-state index is 10.8. The quantitative estimate of drug-likeness (QED) is 0.621. The van der Waals surface area contributed by atoms with Gasteiger partial charge in [0.05, 0.1) is 11.5 Å². The molecule has 20 heavy (non-hydrogen) atoms. The third kappa shape index (κ3) is 3.64. The lowest BCUT2D eigenvalue weighted by molar-refractivity contribution is -0.385. The number of hydrogen-bond acceptors (Lipinski definition) is 6. The van der Waals surface area contributed by atoms with Crippen LogP contribution in [0.3, 0.4) is 0 Å². The van der Waals surface area contributed by atoms with Crippen LogP contribution in [0.2, 0.25) is 0 Å². The molecule has 1 aromatic rings. The zero-order chi connectivity index (χ0) is 14.5. The highest BCUT2D eigenvalue weighted by Gasteiger charge is 2.20. The van der Waals surface area contributed by atoms with Gasteiger partial charge in [-0.3, -0.25) is 15.0 Å². The van der Waals surface area contributed by atoms with Crippen LogP contribution in [0.4, 0.5) is 11.5 Å². The van der Waals surface area contributed by atoms with Crippen molar-refractivity contribution in [3.05, 3.63) is 27.9 Å². The van der Waals surface area contributed by atoms with Crippen molar-refractivity contribution in [1.29, 1.82) is 0 Å². The van der Waals surface area contributed by atoms with Crippen LogP contribution in [0.25, 0.3) is 0 Å². The standard InChI is InChI=1S/C13H20N4O3/c1-10-7-13(14-8-12(10)17(19)20)15-11-3-2-4-16(9-11)5-6-18/h7-8,11,18H,2-6,9H2,1H3,(H,14,15). The number of nitrogens with one attached hydrogen (secondary N) is 1. The molecule has 1 atom stereocenters. The van der Waals surface area contributed by atoms with E-state index in [0.29, 0.717) is 17.9 Å². The Kier molecular flexibility index (Phi) is 4.86. The molecule has 1 aromatic heterocycles. The van der Waals surface area contributed by atoms with Crippen LogP contribution in [0, 0.1) is 17.0 Å². The first-order valence-corrected chi connectivity index (χ1v) is 6.81. The summed E-state index contributed by atoms with van der Waals surface area (Å²) < 4.78 is 0. The van der Waals surface area contributed by atoms with Crippen molar-refractivity contribution in [2.75, 3.05) is 31.6 Å². The summed E-state index contributed by atoms with van der Waals surface area (Å²) in [7, 11) is 0. The minimum atomic E-state index is -0.421. The fraction of sp³-hybridized carbons (Fsp3) is 0.615. The number of aryl methyl sites for hydroxylation is 1. The highest BCUT2D eigenvalue weighted by molar-refractivity contribution is 5.47. The monoisotopic (exact) mass is 280 g/mol. The van der Waals surface area contributed by atoms with Crippen LogP contribution in [0.1, 0.15) is 18.4 Å². The molecule has 0 radical (unpaired) electrons. The van der Waals surface area contributed by atoms with Crippen LogP contribution in [0.15, 0.2) is 12.3 Å². The van der Waals surface area contributed by atoms with E-state index in [9.17, 15) is 10.1 Å². The Balaban J connectivity index is 1.99. The molecule has 1 unspecified atom stereocenters. The fourth-order valence-electron chi connectivity index (χ4n) is 2.55. The molecule has 0 bridgehead atoms. The first kappa shape index (κ1) is 14.7. The number of nitro groups is 1. The zero-order valence-corrected chi connectivity index (χ0v) is 11.6. The molecular weight excluding hydrogens is 260 g/mol. The van der Waals surface area contributed by atoms with E-state index in [2.05, 4.69) is 15.2 Å². The SMILES string of the molecule is Cc1cc(NC2CCCN(CCO)C2)ncc1[N+](=O)[O-]. The van der Waals surface area contributed by atoms with Crippen molar-refractivity contribution in [2.45, 2.75) is 25.8 Å². The summed E-state index contributed by atoms with van der Waals surface area (Å²) in [6.07, 6.45) is 3.41. The maximum atomic E-state index is 10.8. The Morgan fingerprint density at radius 3 is 3.10 bits per heavy atom. The van der Waals surface area contributed by atoms with Crippen LogP contribution >= 0.6 is 0 Å². The molecule has 0 saturated carbocycles. The van der Waals surface area contributed by atoms with Gasteiger partial charge >= 0.3 is 0 Å². The van der Waals surface area contributed by atoms with E-state index in [1.165, 1.54) is 6.20 Å². The molecule has 2 heterocycles. The van der Waals surface area contributed by atoms with Gasteiger partial charge in [-0.1, -0.05) is 0 Å². The summed E-state index contributed by atoms with van der Waals surface area (Å²) in [6.45, 7) is 4.43. The van der Waals surface area contributed by atoms with Crippen LogP contribution in [-0.2, 0) is 0 Å². The second kappa shape index (κ2) is 6.62. The minimum Gasteiger partial charge on any atom is -0.395 e. The van der Waals surface area contributed by atoms with Gasteiger partial charge in [-0.15, -0.1) is 0 Å². The molecule has 1 aliphatic rings. The number of hydrogen-bond donors (Lipinski definition) is 2. The maximum Gasteiger partial charge on any atom is 0.290 e. The van der Waals surface area contributed by atoms with E-state index >= 15 is 0 Å². The van der Waals surface area contributed by atoms with Gasteiger partial charge in [0.1, 0.15) is 12.0 Å². The van der Waals surface area contributed by atoms with Gasteiger partial charge in [-0.05, 0) is 32.4 Å². The van der Waals surface area contributed by atoms with E-state index in [1.807, 2.05) is 0 Å². The largest absolute Gasteiger partial charge is 0.395 e. The smallest absolute Gasteiger partial charge is 0.290 e. The summed E-state index contributed by atoms with van der Waals surface area (Å²) in [5.74, 6) is 0.670. The predicted octanol–water partition coefficient (Wildman–Crippen LogP) is 1.17. The molecule has 0 aromatic carbocycles. The number of aliphatic hydroxyl groups excluding tert-OH is 1. The number of pyridine rings is 1. The summed E-state index contributed by atoms with van der Waals surface area (Å²) in [5.41, 5.74) is 0.650. The lowest BCUT2D eigenvalue weighted by Gasteiger charge is -2.32. The van der Waals surface area contributed by atoms with Crippen LogP contribution in [0.5, 0.6) is 0 Å². The molecule has 0 spiro atoms. The zero-order valence-electron chi connectivity index (χ0n) is 11.6. The number of likely N-dealkylation sites (tertiary alicyclic amines) is 1. The molecule has 0 amide bonds. The van der Waals surface area contributed by atoms with Gasteiger partial charge in [0.15, 0.2) is 0 Å². The Bertz CT molecular complexity index is 479. The van der Waals surface area contributed by atoms with E-state index in [-0.39, 0.29) is 18.3 Å². The summed E-state index contributed by atoms with van der Waals surface area (Å²) >= 11 is 0. The third-order valence-electron chi connectivity index (χ3n) is 3.55. The molecule has 1 fully saturated rings. The van der Waals surface area contributed by atoms with E-state index in [1.54, 1.807) is 13.0 Å². The highest BCUT2D eigenvalue weighted by atomic mass is 16.6. The molecule has 0 aliphatic carbocycles. The molecule has 2 N–H and O–H groups in total. The fourth-order valence-corrected chi connectivity index (χ4v) is 2.55. The third-order valence-corrected chi connectivity index (χ3v) is 3.55. The Morgan fingerprint density at radius 1 is 1.65 bits per heavy atom. The number of rotatable bonds is 5. The Hall–Kier alpha value is -1.73. The summed E-state index contributed by atoms with van der Waals surface area (Å²) in [4.78, 5) is 16.6.